The lowest BCUT2D eigenvalue weighted by Gasteiger charge is -2.24. The van der Waals surface area contributed by atoms with E-state index in [9.17, 15) is 0 Å². The van der Waals surface area contributed by atoms with Gasteiger partial charge in [0, 0.05) is 33.3 Å². The van der Waals surface area contributed by atoms with Gasteiger partial charge in [0.05, 0.1) is 12.2 Å². The Balaban J connectivity index is 1.70. The maximum Gasteiger partial charge on any atom is 0.191 e. The van der Waals surface area contributed by atoms with Crippen molar-refractivity contribution in [3.8, 4) is 5.75 Å². The standard InChI is InChI=1S/C20H34N4O2/c1-20(11-5-14-26-20)16-23-19(21-2)22-15-17-7-9-18(10-8-17)25-13-6-12-24(3)4/h7-10H,5-6,11-16H2,1-4H3,(H2,21,22,23). The van der Waals surface area contributed by atoms with Crippen molar-refractivity contribution in [2.45, 2.75) is 38.3 Å². The van der Waals surface area contributed by atoms with Gasteiger partial charge < -0.3 is 25.0 Å². The molecule has 0 radical (unpaired) electrons. The second kappa shape index (κ2) is 10.4. The van der Waals surface area contributed by atoms with Gasteiger partial charge in [0.1, 0.15) is 5.75 Å². The molecular weight excluding hydrogens is 328 g/mol. The highest BCUT2D eigenvalue weighted by molar-refractivity contribution is 5.79. The number of aliphatic imine (C=N–C) groups is 1. The molecule has 0 aromatic heterocycles. The van der Waals surface area contributed by atoms with Crippen LogP contribution in [0.4, 0.5) is 0 Å². The zero-order chi connectivity index (χ0) is 18.8. The summed E-state index contributed by atoms with van der Waals surface area (Å²) in [6, 6.07) is 8.22. The molecule has 26 heavy (non-hydrogen) atoms. The molecule has 1 aromatic carbocycles. The summed E-state index contributed by atoms with van der Waals surface area (Å²) in [4.78, 5) is 6.45. The average Bonchev–Trinajstić information content (AvgIpc) is 3.06. The Kier molecular flexibility index (Phi) is 8.19. The molecule has 1 aromatic rings. The number of benzene rings is 1. The number of nitrogens with zero attached hydrogens (tertiary/aromatic N) is 2. The molecule has 1 aliphatic heterocycles. The molecule has 0 spiro atoms. The van der Waals surface area contributed by atoms with E-state index in [1.54, 1.807) is 7.05 Å². The fourth-order valence-corrected chi connectivity index (χ4v) is 2.93. The van der Waals surface area contributed by atoms with Crippen LogP contribution in [0.25, 0.3) is 0 Å². The zero-order valence-corrected chi connectivity index (χ0v) is 16.7. The predicted molar refractivity (Wildman–Crippen MR) is 107 cm³/mol. The predicted octanol–water partition coefficient (Wildman–Crippen LogP) is 2.25. The third-order valence-corrected chi connectivity index (χ3v) is 4.56. The van der Waals surface area contributed by atoms with Crippen LogP contribution in [-0.4, -0.2) is 63.9 Å². The summed E-state index contributed by atoms with van der Waals surface area (Å²) in [5, 5.41) is 6.71. The molecule has 146 valence electrons. The summed E-state index contributed by atoms with van der Waals surface area (Å²) >= 11 is 0. The summed E-state index contributed by atoms with van der Waals surface area (Å²) in [5.41, 5.74) is 1.11. The molecule has 1 saturated heterocycles. The Morgan fingerprint density at radius 1 is 1.27 bits per heavy atom. The zero-order valence-electron chi connectivity index (χ0n) is 16.7. The van der Waals surface area contributed by atoms with Gasteiger partial charge in [-0.25, -0.2) is 0 Å². The van der Waals surface area contributed by atoms with Crippen molar-refractivity contribution in [1.29, 1.82) is 0 Å². The summed E-state index contributed by atoms with van der Waals surface area (Å²) in [5.74, 6) is 1.71. The third kappa shape index (κ3) is 7.22. The van der Waals surface area contributed by atoms with Gasteiger partial charge in [-0.3, -0.25) is 4.99 Å². The van der Waals surface area contributed by atoms with Gasteiger partial charge in [-0.15, -0.1) is 0 Å². The summed E-state index contributed by atoms with van der Waals surface area (Å²) in [7, 11) is 5.94. The Hall–Kier alpha value is -1.79. The molecule has 0 amide bonds. The van der Waals surface area contributed by atoms with E-state index in [0.29, 0.717) is 0 Å². The van der Waals surface area contributed by atoms with Gasteiger partial charge in [-0.05, 0) is 58.0 Å². The second-order valence-electron chi connectivity index (χ2n) is 7.33. The van der Waals surface area contributed by atoms with E-state index in [-0.39, 0.29) is 5.60 Å². The van der Waals surface area contributed by atoms with Gasteiger partial charge >= 0.3 is 0 Å². The molecule has 1 unspecified atom stereocenters. The largest absolute Gasteiger partial charge is 0.494 e. The number of ether oxygens (including phenoxy) is 2. The molecule has 1 fully saturated rings. The van der Waals surface area contributed by atoms with Crippen molar-refractivity contribution in [3.05, 3.63) is 29.8 Å². The summed E-state index contributed by atoms with van der Waals surface area (Å²) < 4.78 is 11.6. The molecule has 1 atom stereocenters. The van der Waals surface area contributed by atoms with Crippen LogP contribution in [0.2, 0.25) is 0 Å². The Bertz CT molecular complexity index is 551. The number of rotatable bonds is 9. The average molecular weight is 363 g/mol. The maximum atomic E-state index is 5.80. The number of hydrogen-bond donors (Lipinski definition) is 2. The highest BCUT2D eigenvalue weighted by Crippen LogP contribution is 2.23. The van der Waals surface area contributed by atoms with Gasteiger partial charge in [0.2, 0.25) is 0 Å². The lowest BCUT2D eigenvalue weighted by atomic mass is 10.0. The molecule has 1 heterocycles. The fourth-order valence-electron chi connectivity index (χ4n) is 2.93. The molecule has 2 N–H and O–H groups in total. The first kappa shape index (κ1) is 20.5. The molecule has 6 heteroatoms. The molecule has 2 rings (SSSR count). The first-order valence-corrected chi connectivity index (χ1v) is 9.46. The van der Waals surface area contributed by atoms with Crippen molar-refractivity contribution in [3.63, 3.8) is 0 Å². The van der Waals surface area contributed by atoms with Crippen LogP contribution in [0.5, 0.6) is 5.75 Å². The number of guanidine groups is 1. The van der Waals surface area contributed by atoms with Crippen LogP contribution in [0.1, 0.15) is 31.7 Å². The van der Waals surface area contributed by atoms with Crippen LogP contribution >= 0.6 is 0 Å². The minimum atomic E-state index is -0.0802. The van der Waals surface area contributed by atoms with Crippen molar-refractivity contribution in [2.24, 2.45) is 4.99 Å². The van der Waals surface area contributed by atoms with Crippen LogP contribution in [0.15, 0.2) is 29.3 Å². The Morgan fingerprint density at radius 2 is 2.04 bits per heavy atom. The summed E-state index contributed by atoms with van der Waals surface area (Å²) in [6.07, 6.45) is 3.25. The number of nitrogens with one attached hydrogen (secondary N) is 2. The minimum Gasteiger partial charge on any atom is -0.494 e. The van der Waals surface area contributed by atoms with E-state index in [2.05, 4.69) is 53.7 Å². The SMILES string of the molecule is CN=C(NCc1ccc(OCCCN(C)C)cc1)NCC1(C)CCCO1. The van der Waals surface area contributed by atoms with Crippen LogP contribution in [0, 0.1) is 0 Å². The minimum absolute atomic E-state index is 0.0802. The van der Waals surface area contributed by atoms with Gasteiger partial charge in [0.25, 0.3) is 0 Å². The van der Waals surface area contributed by atoms with Crippen molar-refractivity contribution in [2.75, 3.05) is 47.4 Å². The smallest absolute Gasteiger partial charge is 0.191 e. The van der Waals surface area contributed by atoms with Gasteiger partial charge in [0.15, 0.2) is 5.96 Å². The van der Waals surface area contributed by atoms with E-state index in [1.807, 2.05) is 12.1 Å². The molecule has 6 nitrogen and oxygen atoms in total. The first-order valence-electron chi connectivity index (χ1n) is 9.46. The maximum absolute atomic E-state index is 5.80. The first-order chi connectivity index (χ1) is 12.5. The van der Waals surface area contributed by atoms with E-state index in [0.717, 1.165) is 63.8 Å². The van der Waals surface area contributed by atoms with Gasteiger partial charge in [-0.1, -0.05) is 12.1 Å². The highest BCUT2D eigenvalue weighted by Gasteiger charge is 2.29. The van der Waals surface area contributed by atoms with E-state index >= 15 is 0 Å². The monoisotopic (exact) mass is 362 g/mol. The van der Waals surface area contributed by atoms with Crippen molar-refractivity contribution in [1.82, 2.24) is 15.5 Å². The highest BCUT2D eigenvalue weighted by atomic mass is 16.5. The van der Waals surface area contributed by atoms with Crippen molar-refractivity contribution < 1.29 is 9.47 Å². The fraction of sp³-hybridized carbons (Fsp3) is 0.650. The van der Waals surface area contributed by atoms with Crippen LogP contribution in [0.3, 0.4) is 0 Å². The van der Waals surface area contributed by atoms with E-state index in [1.165, 1.54) is 5.56 Å². The lowest BCUT2D eigenvalue weighted by Crippen LogP contribution is -2.45. The summed E-state index contributed by atoms with van der Waals surface area (Å²) in [6.45, 7) is 6.28. The Labute approximate surface area is 158 Å². The lowest BCUT2D eigenvalue weighted by molar-refractivity contribution is 0.0243. The molecule has 0 bridgehead atoms. The molecule has 0 aliphatic carbocycles. The molecular formula is C20H34N4O2. The topological polar surface area (TPSA) is 58.1 Å². The molecule has 1 aliphatic rings. The second-order valence-corrected chi connectivity index (χ2v) is 7.33. The van der Waals surface area contributed by atoms with Gasteiger partial charge in [-0.2, -0.15) is 0 Å². The van der Waals surface area contributed by atoms with Crippen molar-refractivity contribution >= 4 is 5.96 Å². The normalized spacial score (nSPS) is 20.4. The van der Waals surface area contributed by atoms with Crippen LogP contribution < -0.4 is 15.4 Å². The van der Waals surface area contributed by atoms with E-state index < -0.39 is 0 Å². The number of hydrogen-bond acceptors (Lipinski definition) is 4. The quantitative estimate of drug-likeness (QED) is 0.401. The van der Waals surface area contributed by atoms with Crippen LogP contribution in [-0.2, 0) is 11.3 Å². The molecule has 0 saturated carbocycles. The third-order valence-electron chi connectivity index (χ3n) is 4.56. The van der Waals surface area contributed by atoms with E-state index in [4.69, 9.17) is 9.47 Å². The Morgan fingerprint density at radius 3 is 2.65 bits per heavy atom.